The van der Waals surface area contributed by atoms with Crippen molar-refractivity contribution in [2.75, 3.05) is 0 Å². The molecule has 0 saturated carbocycles. The van der Waals surface area contributed by atoms with Gasteiger partial charge in [0.15, 0.2) is 0 Å². The van der Waals surface area contributed by atoms with Crippen LogP contribution in [0.4, 0.5) is 0 Å². The summed E-state index contributed by atoms with van der Waals surface area (Å²) >= 11 is -6.12. The van der Waals surface area contributed by atoms with Crippen molar-refractivity contribution in [3.05, 3.63) is 24.3 Å². The van der Waals surface area contributed by atoms with Gasteiger partial charge in [0.1, 0.15) is 0 Å². The first-order chi connectivity index (χ1) is 7.52. The Bertz CT molecular complexity index is 401. The van der Waals surface area contributed by atoms with Crippen LogP contribution in [-0.2, 0) is 52.3 Å². The molecule has 19 heavy (non-hydrogen) atoms. The van der Waals surface area contributed by atoms with E-state index < -0.39 is 27.4 Å². The van der Waals surface area contributed by atoms with Crippen molar-refractivity contribution in [3.63, 3.8) is 0 Å². The van der Waals surface area contributed by atoms with Crippen LogP contribution in [0.3, 0.4) is 0 Å². The quantitative estimate of drug-likeness (QED) is 0.348. The predicted octanol–water partition coefficient (Wildman–Crippen LogP) is 0.521. The molecule has 0 saturated heterocycles. The maximum absolute atomic E-state index is 9.60. The third kappa shape index (κ3) is 76.1. The fourth-order valence-corrected chi connectivity index (χ4v) is 0. The molecular weight excluding hydrogens is 438 g/mol. The number of hydrogen-bond donors (Lipinski definition) is 4. The minimum Gasteiger partial charge on any atom is 0 e. The Balaban J connectivity index is -0.0000000865. The molecule has 0 atom stereocenters. The van der Waals surface area contributed by atoms with E-state index in [-0.39, 0.29) is 31.6 Å². The topological polar surface area (TPSA) is 149 Å². The van der Waals surface area contributed by atoms with Gasteiger partial charge in [-0.2, -0.15) is 0 Å². The van der Waals surface area contributed by atoms with E-state index in [9.17, 15) is 16.4 Å². The van der Waals surface area contributed by atoms with Gasteiger partial charge in [0.05, 0.1) is 0 Å². The van der Waals surface area contributed by atoms with E-state index in [0.717, 1.165) is 0 Å². The Hall–Kier alpha value is -0.709. The number of carbonyl (C=O) groups is 2. The van der Waals surface area contributed by atoms with Gasteiger partial charge < -0.3 is 10.2 Å². The Morgan fingerprint density at radius 1 is 0.895 bits per heavy atom. The minimum atomic E-state index is -6.12. The molecule has 0 unspecified atom stereocenters. The summed E-state index contributed by atoms with van der Waals surface area (Å²) in [5.74, 6) is -1.87. The molecule has 4 N–H and O–H groups in total. The first kappa shape index (κ1) is 26.8. The molecule has 0 spiro atoms. The first-order valence-corrected chi connectivity index (χ1v) is 9.61. The van der Waals surface area contributed by atoms with Crippen LogP contribution in [-0.4, -0.2) is 29.7 Å². The van der Waals surface area contributed by atoms with Crippen molar-refractivity contribution in [2.45, 2.75) is 19.2 Å². The maximum Gasteiger partial charge on any atom is 0 e. The largest absolute Gasteiger partial charge is 0 e. The maximum atomic E-state index is 9.60. The van der Waals surface area contributed by atoms with Gasteiger partial charge in [-0.15, -0.1) is 0 Å². The summed E-state index contributed by atoms with van der Waals surface area (Å²) in [6.07, 6.45) is 0. The predicted molar refractivity (Wildman–Crippen MR) is 56.6 cm³/mol. The van der Waals surface area contributed by atoms with Gasteiger partial charge in [-0.25, -0.2) is 9.59 Å². The number of carboxylic acid groups (broad SMARTS) is 2. The molecule has 8 nitrogen and oxygen atoms in total. The average molecular weight is 456 g/mol. The Morgan fingerprint density at radius 3 is 0.947 bits per heavy atom. The molecule has 0 rings (SSSR count). The summed E-state index contributed by atoms with van der Waals surface area (Å²) in [4.78, 5) is 19.2. The minimum absolute atomic E-state index is 0. The van der Waals surface area contributed by atoms with E-state index >= 15 is 0 Å². The molecule has 0 aliphatic heterocycles. The van der Waals surface area contributed by atoms with Crippen molar-refractivity contribution in [1.82, 2.24) is 0 Å². The van der Waals surface area contributed by atoms with Gasteiger partial charge in [-0.3, -0.25) is 0 Å². The van der Waals surface area contributed by atoms with E-state index in [0.29, 0.717) is 5.31 Å². The van der Waals surface area contributed by atoms with E-state index in [4.69, 9.17) is 17.7 Å². The van der Waals surface area contributed by atoms with Crippen molar-refractivity contribution >= 4 is 11.9 Å². The van der Waals surface area contributed by atoms with Crippen LogP contribution in [0.2, 0.25) is 5.31 Å². The number of rotatable bonds is 2. The Kier molecular flexibility index (Phi) is 14.3. The van der Waals surface area contributed by atoms with Gasteiger partial charge in [-0.1, -0.05) is 13.2 Å². The molecule has 0 heterocycles. The van der Waals surface area contributed by atoms with Crippen LogP contribution >= 0.6 is 0 Å². The Labute approximate surface area is 125 Å². The van der Waals surface area contributed by atoms with Crippen LogP contribution in [0.5, 0.6) is 0 Å². The van der Waals surface area contributed by atoms with Gasteiger partial charge in [0, 0.05) is 31.6 Å². The van der Waals surface area contributed by atoms with Crippen molar-refractivity contribution in [2.24, 2.45) is 0 Å². The molecule has 0 amide bonds. The molecule has 0 aromatic heterocycles. The van der Waals surface area contributed by atoms with Crippen LogP contribution in [0, 0.1) is 0 Å². The third-order valence-electron chi connectivity index (χ3n) is 0.730. The molecule has 0 bridgehead atoms. The zero-order valence-corrected chi connectivity index (χ0v) is 14.1. The molecule has 0 aliphatic carbocycles. The molecular formula is C9H17MoO8Pd. The second-order valence-corrected chi connectivity index (χ2v) is 8.95. The molecule has 0 aromatic rings. The monoisotopic (exact) mass is 457 g/mol. The molecule has 117 valence electrons. The summed E-state index contributed by atoms with van der Waals surface area (Å²) in [6, 6.07) is 0. The van der Waals surface area contributed by atoms with Crippen LogP contribution < -0.4 is 0 Å². The van der Waals surface area contributed by atoms with E-state index in [1.54, 1.807) is 0 Å². The summed E-state index contributed by atoms with van der Waals surface area (Å²) < 4.78 is 34.1. The smallest absolute Gasteiger partial charge is 0 e. The van der Waals surface area contributed by atoms with Gasteiger partial charge in [0.25, 0.3) is 0 Å². The fourth-order valence-electron chi connectivity index (χ4n) is 0. The van der Waals surface area contributed by atoms with Crippen molar-refractivity contribution < 1.29 is 70.0 Å². The first-order valence-electron chi connectivity index (χ1n) is 4.17. The van der Waals surface area contributed by atoms with Gasteiger partial charge in [-0.05, 0) is 13.8 Å². The van der Waals surface area contributed by atoms with E-state index in [2.05, 4.69) is 13.2 Å². The van der Waals surface area contributed by atoms with Gasteiger partial charge >= 0.3 is 47.1 Å². The summed E-state index contributed by atoms with van der Waals surface area (Å²) in [5.41, 5.74) is 0.352. The molecule has 0 fully saturated rings. The number of carboxylic acids is 2. The fraction of sp³-hybridized carbons (Fsp3) is 0.333. The van der Waals surface area contributed by atoms with Crippen LogP contribution in [0.1, 0.15) is 13.8 Å². The number of aliphatic carboxylic acids is 2. The summed E-state index contributed by atoms with van der Waals surface area (Å²) in [5, 5.41) is 16.2. The molecule has 0 aromatic carbocycles. The standard InChI is InChI=1S/2C4H6O2.CH3.Mo.2H2O.2O.Pd/c2*1-3(2)4(5)6;;;;;;;/h2*1H2,2H3,(H,5,6);1H3;;2*1H2;;;/q;;;+2;;;;;/p-2. The zero-order chi connectivity index (χ0) is 15.8. The summed E-state index contributed by atoms with van der Waals surface area (Å²) in [7, 11) is 0. The second kappa shape index (κ2) is 10.1. The van der Waals surface area contributed by atoms with Crippen molar-refractivity contribution in [3.8, 4) is 0 Å². The molecule has 0 aliphatic rings. The van der Waals surface area contributed by atoms with Crippen molar-refractivity contribution in [1.29, 1.82) is 0 Å². The van der Waals surface area contributed by atoms with Crippen LogP contribution in [0.25, 0.3) is 0 Å². The average Bonchev–Trinajstić information content (AvgIpc) is 1.99. The Morgan fingerprint density at radius 2 is 0.947 bits per heavy atom. The number of hydrogen-bond acceptors (Lipinski definition) is 4. The summed E-state index contributed by atoms with van der Waals surface area (Å²) in [6.45, 7) is 9.20. The van der Waals surface area contributed by atoms with Gasteiger partial charge in [0.2, 0.25) is 0 Å². The molecule has 10 heteroatoms. The van der Waals surface area contributed by atoms with E-state index in [1.807, 2.05) is 0 Å². The van der Waals surface area contributed by atoms with E-state index in [1.165, 1.54) is 13.8 Å². The normalized spacial score (nSPS) is 10.7. The second-order valence-electron chi connectivity index (χ2n) is 3.32. The SMILES string of the molecule is C=C(C)C(=O)O.C=C(C)C(=O)O.[CH3][Mo](=[O])(=[O])([OH])[OH].[Pd]. The molecule has 0 radical (unpaired) electrons. The third-order valence-corrected chi connectivity index (χ3v) is 0.730. The van der Waals surface area contributed by atoms with Crippen LogP contribution in [0.15, 0.2) is 24.3 Å². The zero-order valence-electron chi connectivity index (χ0n) is 10.6.